The third kappa shape index (κ3) is 2.88. The number of alkyl halides is 6. The smallest absolute Gasteiger partial charge is 0.337 e. The van der Waals surface area contributed by atoms with E-state index >= 15 is 0 Å². The Morgan fingerprint density at radius 3 is 1.90 bits per heavy atom. The molecule has 2 nitrogen and oxygen atoms in total. The maximum Gasteiger partial charge on any atom is 0.416 e. The molecule has 1 saturated heterocycles. The average molecular weight is 297 g/mol. The number of hydrogen-bond acceptors (Lipinski definition) is 1. The van der Waals surface area contributed by atoms with Crippen LogP contribution in [0.15, 0.2) is 24.3 Å². The molecular formula is C12H9F6NO. The molecule has 1 aromatic carbocycles. The first-order valence-electron chi connectivity index (χ1n) is 5.62. The predicted molar refractivity (Wildman–Crippen MR) is 56.9 cm³/mol. The summed E-state index contributed by atoms with van der Waals surface area (Å²) in [5.41, 5.74) is -0.968. The van der Waals surface area contributed by atoms with Crippen LogP contribution < -0.4 is 0 Å². The van der Waals surface area contributed by atoms with Gasteiger partial charge >= 0.3 is 12.4 Å². The van der Waals surface area contributed by atoms with Crippen molar-refractivity contribution in [3.63, 3.8) is 0 Å². The van der Waals surface area contributed by atoms with Crippen LogP contribution in [0.5, 0.6) is 0 Å². The second-order valence-corrected chi connectivity index (χ2v) is 4.52. The Bertz CT molecular complexity index is 498. The van der Waals surface area contributed by atoms with Crippen molar-refractivity contribution >= 4 is 5.91 Å². The molecule has 8 heteroatoms. The van der Waals surface area contributed by atoms with Gasteiger partial charge in [0.25, 0.3) is 5.91 Å². The summed E-state index contributed by atoms with van der Waals surface area (Å²) in [5, 5.41) is 0. The number of carbonyl (C=O) groups is 1. The number of rotatable bonds is 1. The van der Waals surface area contributed by atoms with Crippen molar-refractivity contribution in [2.75, 3.05) is 13.1 Å². The molecule has 1 amide bonds. The zero-order valence-corrected chi connectivity index (χ0v) is 9.92. The minimum Gasteiger partial charge on any atom is -0.337 e. The molecule has 1 aliphatic heterocycles. The van der Waals surface area contributed by atoms with Gasteiger partial charge in [0.2, 0.25) is 0 Å². The zero-order valence-electron chi connectivity index (χ0n) is 9.92. The monoisotopic (exact) mass is 297 g/mol. The first kappa shape index (κ1) is 14.7. The van der Waals surface area contributed by atoms with Gasteiger partial charge in [-0.15, -0.1) is 0 Å². The van der Waals surface area contributed by atoms with Crippen LogP contribution in [0.3, 0.4) is 0 Å². The van der Waals surface area contributed by atoms with E-state index < -0.39 is 42.8 Å². The van der Waals surface area contributed by atoms with Crippen LogP contribution in [0.2, 0.25) is 0 Å². The van der Waals surface area contributed by atoms with Gasteiger partial charge in [0.05, 0.1) is 11.5 Å². The largest absolute Gasteiger partial charge is 0.416 e. The number of benzene rings is 1. The van der Waals surface area contributed by atoms with E-state index in [0.29, 0.717) is 0 Å². The van der Waals surface area contributed by atoms with E-state index in [1.807, 2.05) is 0 Å². The van der Waals surface area contributed by atoms with Crippen molar-refractivity contribution in [3.05, 3.63) is 35.4 Å². The van der Waals surface area contributed by atoms with E-state index in [-0.39, 0.29) is 5.56 Å². The summed E-state index contributed by atoms with van der Waals surface area (Å²) in [6.45, 7) is -0.910. The standard InChI is InChI=1S/C12H9F6NO/c13-11(14,15)8-3-1-7(2-4-8)10(20)19-5-9(6-19)12(16,17)18/h1-4,9H,5-6H2. The van der Waals surface area contributed by atoms with E-state index in [0.717, 1.165) is 29.2 Å². The Morgan fingerprint density at radius 2 is 1.50 bits per heavy atom. The van der Waals surface area contributed by atoms with Crippen molar-refractivity contribution in [1.82, 2.24) is 4.90 Å². The van der Waals surface area contributed by atoms with Gasteiger partial charge in [0.15, 0.2) is 0 Å². The van der Waals surface area contributed by atoms with Crippen molar-refractivity contribution in [2.24, 2.45) is 5.92 Å². The molecule has 0 N–H and O–H groups in total. The number of halogens is 6. The molecule has 0 atom stereocenters. The quantitative estimate of drug-likeness (QED) is 0.728. The molecule has 2 rings (SSSR count). The molecule has 1 aliphatic rings. The van der Waals surface area contributed by atoms with Gasteiger partial charge in [-0.1, -0.05) is 0 Å². The molecule has 0 unspecified atom stereocenters. The molecule has 0 bridgehead atoms. The normalized spacial score (nSPS) is 17.0. The molecule has 1 aromatic rings. The first-order chi connectivity index (χ1) is 9.09. The Hall–Kier alpha value is -1.73. The Balaban J connectivity index is 2.02. The highest BCUT2D eigenvalue weighted by Crippen LogP contribution is 2.34. The summed E-state index contributed by atoms with van der Waals surface area (Å²) in [6, 6.07) is 3.39. The van der Waals surface area contributed by atoms with Crippen LogP contribution in [0.25, 0.3) is 0 Å². The molecule has 110 valence electrons. The number of amides is 1. The fourth-order valence-electron chi connectivity index (χ4n) is 1.84. The van der Waals surface area contributed by atoms with E-state index in [1.54, 1.807) is 0 Å². The highest BCUT2D eigenvalue weighted by molar-refractivity contribution is 5.94. The van der Waals surface area contributed by atoms with Gasteiger partial charge in [-0.3, -0.25) is 4.79 Å². The summed E-state index contributed by atoms with van der Waals surface area (Å²) in [7, 11) is 0. The Morgan fingerprint density at radius 1 is 1.00 bits per heavy atom. The van der Waals surface area contributed by atoms with Crippen LogP contribution in [0.4, 0.5) is 26.3 Å². The Kier molecular flexibility index (Phi) is 3.43. The van der Waals surface area contributed by atoms with Crippen molar-refractivity contribution < 1.29 is 31.1 Å². The predicted octanol–water partition coefficient (Wildman–Crippen LogP) is 3.34. The van der Waals surface area contributed by atoms with Gasteiger partial charge in [-0.2, -0.15) is 26.3 Å². The van der Waals surface area contributed by atoms with E-state index in [1.165, 1.54) is 0 Å². The summed E-state index contributed by atoms with van der Waals surface area (Å²) in [4.78, 5) is 12.7. The molecule has 20 heavy (non-hydrogen) atoms. The molecule has 1 fully saturated rings. The van der Waals surface area contributed by atoms with Gasteiger partial charge in [0.1, 0.15) is 0 Å². The molecule has 0 aromatic heterocycles. The number of nitrogens with zero attached hydrogens (tertiary/aromatic N) is 1. The van der Waals surface area contributed by atoms with Gasteiger partial charge in [-0.05, 0) is 24.3 Å². The van der Waals surface area contributed by atoms with Crippen LogP contribution in [-0.2, 0) is 6.18 Å². The minimum absolute atomic E-state index is 0.0568. The number of likely N-dealkylation sites (tertiary alicyclic amines) is 1. The summed E-state index contributed by atoms with van der Waals surface area (Å²) < 4.78 is 73.7. The van der Waals surface area contributed by atoms with Crippen molar-refractivity contribution in [1.29, 1.82) is 0 Å². The molecule has 0 radical (unpaired) electrons. The molecule has 0 spiro atoms. The van der Waals surface area contributed by atoms with Gasteiger partial charge in [-0.25, -0.2) is 0 Å². The van der Waals surface area contributed by atoms with Crippen LogP contribution in [-0.4, -0.2) is 30.1 Å². The number of hydrogen-bond donors (Lipinski definition) is 0. The Labute approximate surface area is 110 Å². The highest BCUT2D eigenvalue weighted by Gasteiger charge is 2.48. The lowest BCUT2D eigenvalue weighted by Gasteiger charge is -2.40. The van der Waals surface area contributed by atoms with Gasteiger partial charge < -0.3 is 4.90 Å². The second kappa shape index (κ2) is 4.68. The molecule has 1 heterocycles. The van der Waals surface area contributed by atoms with Crippen LogP contribution in [0.1, 0.15) is 15.9 Å². The minimum atomic E-state index is -4.51. The average Bonchev–Trinajstić information content (AvgIpc) is 2.24. The fraction of sp³-hybridized carbons (Fsp3) is 0.417. The second-order valence-electron chi connectivity index (χ2n) is 4.52. The van der Waals surface area contributed by atoms with Gasteiger partial charge in [0, 0.05) is 18.7 Å². The lowest BCUT2D eigenvalue weighted by Crippen LogP contribution is -2.55. The zero-order chi connectivity index (χ0) is 15.1. The van der Waals surface area contributed by atoms with E-state index in [2.05, 4.69) is 0 Å². The third-order valence-corrected chi connectivity index (χ3v) is 3.09. The first-order valence-corrected chi connectivity index (χ1v) is 5.62. The maximum atomic E-state index is 12.3. The van der Waals surface area contributed by atoms with Crippen molar-refractivity contribution in [2.45, 2.75) is 12.4 Å². The SMILES string of the molecule is O=C(c1ccc(C(F)(F)F)cc1)N1CC(C(F)(F)F)C1. The van der Waals surface area contributed by atoms with Crippen molar-refractivity contribution in [3.8, 4) is 0 Å². The third-order valence-electron chi connectivity index (χ3n) is 3.09. The summed E-state index contributed by atoms with van der Waals surface area (Å²) in [6.07, 6.45) is -8.86. The maximum absolute atomic E-state index is 12.3. The number of carbonyl (C=O) groups excluding carboxylic acids is 1. The van der Waals surface area contributed by atoms with Crippen LogP contribution >= 0.6 is 0 Å². The molecule has 0 saturated carbocycles. The summed E-state index contributed by atoms with van der Waals surface area (Å²) >= 11 is 0. The topological polar surface area (TPSA) is 20.3 Å². The summed E-state index contributed by atoms with van der Waals surface area (Å²) in [5.74, 6) is -2.25. The van der Waals surface area contributed by atoms with E-state index in [9.17, 15) is 31.1 Å². The molecular weight excluding hydrogens is 288 g/mol. The highest BCUT2D eigenvalue weighted by atomic mass is 19.4. The van der Waals surface area contributed by atoms with E-state index in [4.69, 9.17) is 0 Å². The lowest BCUT2D eigenvalue weighted by atomic mass is 9.98. The fourth-order valence-corrected chi connectivity index (χ4v) is 1.84. The lowest BCUT2D eigenvalue weighted by molar-refractivity contribution is -0.202. The van der Waals surface area contributed by atoms with Crippen LogP contribution in [0, 0.1) is 5.92 Å². The molecule has 0 aliphatic carbocycles.